The van der Waals surface area contributed by atoms with Crippen LogP contribution in [0.1, 0.15) is 9.67 Å². The standard InChI is InChI=1S/C19H12N4O2S2/c24-13(17-16(25)11-6-2-4-8-14(11)27-17)9-26-19-21-18-15(22-23-19)10-5-1-3-7-12(10)20-18/h1-8,25H,9H2,(H,20,21,23). The number of nitrogens with one attached hydrogen (secondary N) is 1. The number of nitrogens with zero attached hydrogens (tertiary/aromatic N) is 3. The van der Waals surface area contributed by atoms with Crippen molar-refractivity contribution in [2.75, 3.05) is 5.75 Å². The number of aromatic amines is 1. The van der Waals surface area contributed by atoms with Gasteiger partial charge in [-0.05, 0) is 18.2 Å². The van der Waals surface area contributed by atoms with E-state index < -0.39 is 0 Å². The van der Waals surface area contributed by atoms with E-state index in [-0.39, 0.29) is 17.3 Å². The Morgan fingerprint density at radius 1 is 1.07 bits per heavy atom. The van der Waals surface area contributed by atoms with Gasteiger partial charge in [0, 0.05) is 21.0 Å². The fourth-order valence-corrected chi connectivity index (χ4v) is 4.77. The fraction of sp³-hybridized carbons (Fsp3) is 0.0526. The molecule has 2 aromatic carbocycles. The second-order valence-corrected chi connectivity index (χ2v) is 7.94. The van der Waals surface area contributed by atoms with Crippen LogP contribution in [0.5, 0.6) is 5.75 Å². The van der Waals surface area contributed by atoms with Crippen molar-refractivity contribution in [1.82, 2.24) is 20.2 Å². The van der Waals surface area contributed by atoms with Gasteiger partial charge in [-0.1, -0.05) is 42.1 Å². The quantitative estimate of drug-likeness (QED) is 0.348. The monoisotopic (exact) mass is 392 g/mol. The number of thioether (sulfide) groups is 1. The van der Waals surface area contributed by atoms with E-state index in [1.54, 1.807) is 0 Å². The molecule has 0 radical (unpaired) electrons. The molecule has 0 spiro atoms. The van der Waals surface area contributed by atoms with E-state index >= 15 is 0 Å². The Kier molecular flexibility index (Phi) is 3.80. The molecule has 0 bridgehead atoms. The van der Waals surface area contributed by atoms with Gasteiger partial charge in [0.25, 0.3) is 0 Å². The lowest BCUT2D eigenvalue weighted by molar-refractivity contribution is 0.102. The molecule has 3 heterocycles. The molecule has 0 aliphatic rings. The number of hydrogen-bond acceptors (Lipinski definition) is 7. The molecule has 0 unspecified atom stereocenters. The zero-order chi connectivity index (χ0) is 18.4. The maximum atomic E-state index is 12.6. The number of aromatic hydroxyl groups is 1. The smallest absolute Gasteiger partial charge is 0.211 e. The molecule has 3 aromatic heterocycles. The van der Waals surface area contributed by atoms with E-state index in [2.05, 4.69) is 20.2 Å². The van der Waals surface area contributed by atoms with Crippen molar-refractivity contribution in [3.8, 4) is 5.75 Å². The van der Waals surface area contributed by atoms with Gasteiger partial charge in [-0.15, -0.1) is 21.5 Å². The first-order valence-electron chi connectivity index (χ1n) is 8.18. The van der Waals surface area contributed by atoms with Gasteiger partial charge in [-0.3, -0.25) is 4.79 Å². The second-order valence-electron chi connectivity index (χ2n) is 5.95. The second kappa shape index (κ2) is 6.33. The third-order valence-electron chi connectivity index (χ3n) is 4.26. The van der Waals surface area contributed by atoms with Crippen LogP contribution in [0.15, 0.2) is 53.7 Å². The Hall–Kier alpha value is -2.97. The van der Waals surface area contributed by atoms with Crippen LogP contribution in [-0.4, -0.2) is 36.8 Å². The molecular formula is C19H12N4O2S2. The third-order valence-corrected chi connectivity index (χ3v) is 6.30. The summed E-state index contributed by atoms with van der Waals surface area (Å²) in [5.41, 5.74) is 2.30. The van der Waals surface area contributed by atoms with Crippen LogP contribution in [0, 0.1) is 0 Å². The van der Waals surface area contributed by atoms with E-state index in [4.69, 9.17) is 0 Å². The number of fused-ring (bicyclic) bond motifs is 4. The molecule has 2 N–H and O–H groups in total. The summed E-state index contributed by atoms with van der Waals surface area (Å²) in [6, 6.07) is 15.2. The molecule has 0 amide bonds. The maximum Gasteiger partial charge on any atom is 0.211 e. The molecular weight excluding hydrogens is 380 g/mol. The average molecular weight is 392 g/mol. The molecule has 0 saturated heterocycles. The molecule has 27 heavy (non-hydrogen) atoms. The van der Waals surface area contributed by atoms with Gasteiger partial charge in [0.2, 0.25) is 5.16 Å². The van der Waals surface area contributed by atoms with Crippen molar-refractivity contribution < 1.29 is 9.90 Å². The number of hydrogen-bond donors (Lipinski definition) is 2. The van der Waals surface area contributed by atoms with Crippen molar-refractivity contribution in [2.24, 2.45) is 0 Å². The third kappa shape index (κ3) is 2.73. The van der Waals surface area contributed by atoms with Gasteiger partial charge in [0.15, 0.2) is 11.4 Å². The number of ketones is 1. The maximum absolute atomic E-state index is 12.6. The largest absolute Gasteiger partial charge is 0.506 e. The Balaban J connectivity index is 1.41. The molecule has 6 nitrogen and oxygen atoms in total. The molecule has 5 rings (SSSR count). The van der Waals surface area contributed by atoms with Crippen LogP contribution in [0.3, 0.4) is 0 Å². The van der Waals surface area contributed by atoms with Gasteiger partial charge in [0.05, 0.1) is 5.75 Å². The minimum absolute atomic E-state index is 0.0475. The molecule has 0 aliphatic heterocycles. The lowest BCUT2D eigenvalue weighted by atomic mass is 10.2. The predicted molar refractivity (Wildman–Crippen MR) is 108 cm³/mol. The van der Waals surface area contributed by atoms with E-state index in [1.165, 1.54) is 23.1 Å². The van der Waals surface area contributed by atoms with Crippen molar-refractivity contribution in [1.29, 1.82) is 0 Å². The molecule has 0 atom stereocenters. The van der Waals surface area contributed by atoms with E-state index in [1.807, 2.05) is 48.5 Å². The highest BCUT2D eigenvalue weighted by molar-refractivity contribution is 7.99. The van der Waals surface area contributed by atoms with Crippen LogP contribution in [0.4, 0.5) is 0 Å². The topological polar surface area (TPSA) is 91.8 Å². The SMILES string of the molecule is O=C(CSc1nnc2c(n1)[nH]c1ccccc12)c1sc2ccccc2c1O. The normalized spacial score (nSPS) is 11.6. The first-order chi connectivity index (χ1) is 13.2. The Morgan fingerprint density at radius 3 is 2.70 bits per heavy atom. The van der Waals surface area contributed by atoms with Gasteiger partial charge < -0.3 is 10.1 Å². The van der Waals surface area contributed by atoms with Crippen molar-refractivity contribution in [2.45, 2.75) is 5.16 Å². The predicted octanol–water partition coefficient (Wildman–Crippen LogP) is 4.40. The van der Waals surface area contributed by atoms with Gasteiger partial charge in [-0.2, -0.15) is 0 Å². The summed E-state index contributed by atoms with van der Waals surface area (Å²) >= 11 is 2.51. The summed E-state index contributed by atoms with van der Waals surface area (Å²) in [7, 11) is 0. The number of rotatable bonds is 4. The van der Waals surface area contributed by atoms with Crippen LogP contribution in [-0.2, 0) is 0 Å². The van der Waals surface area contributed by atoms with Gasteiger partial charge in [-0.25, -0.2) is 4.98 Å². The fourth-order valence-electron chi connectivity index (χ4n) is 2.98. The first-order valence-corrected chi connectivity index (χ1v) is 9.98. The summed E-state index contributed by atoms with van der Waals surface area (Å²) in [6.07, 6.45) is 0. The van der Waals surface area contributed by atoms with E-state index in [0.717, 1.165) is 15.6 Å². The number of H-pyrrole nitrogens is 1. The molecule has 0 fully saturated rings. The molecule has 5 aromatic rings. The lowest BCUT2D eigenvalue weighted by Crippen LogP contribution is -2.01. The number of carbonyl (C=O) groups excluding carboxylic acids is 1. The molecule has 8 heteroatoms. The minimum atomic E-state index is -0.154. The summed E-state index contributed by atoms with van der Waals surface area (Å²) in [6.45, 7) is 0. The zero-order valence-electron chi connectivity index (χ0n) is 13.8. The van der Waals surface area contributed by atoms with Gasteiger partial charge >= 0.3 is 0 Å². The van der Waals surface area contributed by atoms with Crippen LogP contribution >= 0.6 is 23.1 Å². The summed E-state index contributed by atoms with van der Waals surface area (Å²) in [5.74, 6) is 0.0266. The summed E-state index contributed by atoms with van der Waals surface area (Å²) in [5, 5.41) is 20.8. The Labute approximate surface area is 161 Å². The first kappa shape index (κ1) is 16.2. The Bertz CT molecular complexity index is 1330. The lowest BCUT2D eigenvalue weighted by Gasteiger charge is -1.99. The number of para-hydroxylation sites is 1. The van der Waals surface area contributed by atoms with Crippen molar-refractivity contribution in [3.63, 3.8) is 0 Å². The highest BCUT2D eigenvalue weighted by Gasteiger charge is 2.18. The van der Waals surface area contributed by atoms with E-state index in [0.29, 0.717) is 26.6 Å². The highest BCUT2D eigenvalue weighted by Crippen LogP contribution is 2.37. The number of Topliss-reactive ketones (excluding diaryl/α,β-unsaturated/α-hetero) is 1. The van der Waals surface area contributed by atoms with Gasteiger partial charge in [0.1, 0.15) is 16.1 Å². The molecule has 0 saturated carbocycles. The summed E-state index contributed by atoms with van der Waals surface area (Å²) < 4.78 is 0.890. The number of aromatic nitrogens is 4. The van der Waals surface area contributed by atoms with Crippen LogP contribution in [0.25, 0.3) is 32.2 Å². The number of thiophene rings is 1. The summed E-state index contributed by atoms with van der Waals surface area (Å²) in [4.78, 5) is 20.6. The minimum Gasteiger partial charge on any atom is -0.506 e. The number of carbonyl (C=O) groups is 1. The molecule has 0 aliphatic carbocycles. The highest BCUT2D eigenvalue weighted by atomic mass is 32.2. The zero-order valence-corrected chi connectivity index (χ0v) is 15.5. The van der Waals surface area contributed by atoms with E-state index in [9.17, 15) is 9.90 Å². The number of benzene rings is 2. The van der Waals surface area contributed by atoms with Crippen molar-refractivity contribution in [3.05, 3.63) is 53.4 Å². The van der Waals surface area contributed by atoms with Crippen molar-refractivity contribution >= 4 is 61.0 Å². The molecule has 132 valence electrons. The van der Waals surface area contributed by atoms with Crippen LogP contribution < -0.4 is 0 Å². The van der Waals surface area contributed by atoms with Crippen LogP contribution in [0.2, 0.25) is 0 Å². The Morgan fingerprint density at radius 2 is 1.85 bits per heavy atom. The average Bonchev–Trinajstić information content (AvgIpc) is 3.24.